The average Bonchev–Trinajstić information content (AvgIpc) is 2.93. The normalized spacial score (nSPS) is 23.5. The van der Waals surface area contributed by atoms with Crippen molar-refractivity contribution in [1.29, 1.82) is 0 Å². The summed E-state index contributed by atoms with van der Waals surface area (Å²) in [4.78, 5) is 0. The van der Waals surface area contributed by atoms with Gasteiger partial charge in [0.05, 0.1) is 11.5 Å². The molecule has 2 aromatic carbocycles. The number of benzene rings is 2. The van der Waals surface area contributed by atoms with Gasteiger partial charge < -0.3 is 14.2 Å². The zero-order valence-electron chi connectivity index (χ0n) is 22.9. The third kappa shape index (κ3) is 8.32. The Morgan fingerprint density at radius 2 is 1.39 bits per heavy atom. The van der Waals surface area contributed by atoms with Crippen LogP contribution in [0.2, 0.25) is 0 Å². The fourth-order valence-electron chi connectivity index (χ4n) is 6.20. The molecule has 4 rings (SSSR count). The van der Waals surface area contributed by atoms with Gasteiger partial charge in [0.25, 0.3) is 0 Å². The largest absolute Gasteiger partial charge is 0.456 e. The average molecular weight is 589 g/mol. The topological polar surface area (TPSA) is 27.7 Å². The van der Waals surface area contributed by atoms with E-state index in [4.69, 9.17) is 4.74 Å². The molecule has 0 saturated heterocycles. The smallest absolute Gasteiger partial charge is 0.426 e. The van der Waals surface area contributed by atoms with E-state index in [9.17, 15) is 22.0 Å². The summed E-state index contributed by atoms with van der Waals surface area (Å²) in [5, 5.41) is 0. The lowest BCUT2D eigenvalue weighted by molar-refractivity contribution is -0.224. The lowest BCUT2D eigenvalue weighted by Crippen LogP contribution is -2.38. The summed E-state index contributed by atoms with van der Waals surface area (Å²) in [6, 6.07) is 6.12. The van der Waals surface area contributed by atoms with Crippen LogP contribution in [0.1, 0.15) is 76.7 Å². The summed E-state index contributed by atoms with van der Waals surface area (Å²) >= 11 is 0. The predicted molar refractivity (Wildman–Crippen MR) is 140 cm³/mol. The Morgan fingerprint density at radius 1 is 0.805 bits per heavy atom. The number of hydrogen-bond acceptors (Lipinski definition) is 3. The Labute approximate surface area is 235 Å². The minimum atomic E-state index is -3.95. The van der Waals surface area contributed by atoms with Gasteiger partial charge in [0, 0.05) is 6.07 Å². The van der Waals surface area contributed by atoms with Crippen molar-refractivity contribution in [2.45, 2.75) is 83.3 Å². The van der Waals surface area contributed by atoms with Crippen molar-refractivity contribution >= 4 is 0 Å². The first-order chi connectivity index (χ1) is 19.5. The highest BCUT2D eigenvalue weighted by atomic mass is 19.3. The summed E-state index contributed by atoms with van der Waals surface area (Å²) in [6.07, 6.45) is -0.0868. The molecule has 2 fully saturated rings. The second kappa shape index (κ2) is 13.4. The standard InChI is InChI=1S/C31H35F7O3/c1-2-3-20-4-6-21(7-5-20)22-8-10-23(11-9-22)30(35,36)40-25-14-12-24(13-15-25)31(37,38)41-26-16-17-28(27(32)18-26)39-19-29(33)34/h12-23H,2-11H2,1H3. The van der Waals surface area contributed by atoms with Crippen molar-refractivity contribution in [2.75, 3.05) is 0 Å². The van der Waals surface area contributed by atoms with Gasteiger partial charge in [-0.2, -0.15) is 26.3 Å². The van der Waals surface area contributed by atoms with Gasteiger partial charge in [0.15, 0.2) is 17.8 Å². The van der Waals surface area contributed by atoms with Crippen molar-refractivity contribution in [2.24, 2.45) is 23.7 Å². The Bertz CT molecular complexity index is 1150. The van der Waals surface area contributed by atoms with Gasteiger partial charge in [-0.05, 0) is 92.7 Å². The minimum absolute atomic E-state index is 0.00533. The summed E-state index contributed by atoms with van der Waals surface area (Å²) < 4.78 is 111. The van der Waals surface area contributed by atoms with Crippen LogP contribution in [-0.4, -0.2) is 6.11 Å². The third-order valence-electron chi connectivity index (χ3n) is 8.37. The maximum Gasteiger partial charge on any atom is 0.426 e. The van der Waals surface area contributed by atoms with Crippen LogP contribution in [0.5, 0.6) is 17.2 Å². The Hall–Kier alpha value is -2.91. The molecule has 2 saturated carbocycles. The first kappa shape index (κ1) is 31.0. The van der Waals surface area contributed by atoms with Crippen LogP contribution >= 0.6 is 0 Å². The van der Waals surface area contributed by atoms with Crippen molar-refractivity contribution in [1.82, 2.24) is 0 Å². The van der Waals surface area contributed by atoms with Crippen LogP contribution in [0.4, 0.5) is 30.7 Å². The van der Waals surface area contributed by atoms with E-state index >= 15 is 8.78 Å². The lowest BCUT2D eigenvalue weighted by Gasteiger charge is -2.39. The molecule has 0 aromatic heterocycles. The van der Waals surface area contributed by atoms with Crippen molar-refractivity contribution in [3.8, 4) is 17.2 Å². The van der Waals surface area contributed by atoms with E-state index in [2.05, 4.69) is 16.4 Å². The predicted octanol–water partition coefficient (Wildman–Crippen LogP) is 10.5. The molecule has 0 atom stereocenters. The maximum absolute atomic E-state index is 15.0. The van der Waals surface area contributed by atoms with Gasteiger partial charge in [0.1, 0.15) is 11.5 Å². The van der Waals surface area contributed by atoms with Crippen LogP contribution in [0.25, 0.3) is 0 Å². The zero-order valence-corrected chi connectivity index (χ0v) is 22.9. The molecular weight excluding hydrogens is 553 g/mol. The second-order valence-electron chi connectivity index (χ2n) is 11.1. The number of halogens is 7. The number of rotatable bonds is 11. The summed E-state index contributed by atoms with van der Waals surface area (Å²) in [5.74, 6) is -1.72. The van der Waals surface area contributed by atoms with E-state index in [1.54, 1.807) is 0 Å². The number of hydrogen-bond donors (Lipinski definition) is 0. The zero-order chi connectivity index (χ0) is 29.6. The Morgan fingerprint density at radius 3 is 1.95 bits per heavy atom. The van der Waals surface area contributed by atoms with Crippen LogP contribution in [-0.2, 0) is 6.11 Å². The van der Waals surface area contributed by atoms with Gasteiger partial charge in [-0.3, -0.25) is 0 Å². The third-order valence-corrected chi connectivity index (χ3v) is 8.37. The van der Waals surface area contributed by atoms with E-state index in [1.165, 1.54) is 38.5 Å². The minimum Gasteiger partial charge on any atom is -0.456 e. The van der Waals surface area contributed by atoms with Gasteiger partial charge in [0.2, 0.25) is 0 Å². The van der Waals surface area contributed by atoms with Gasteiger partial charge in [-0.25, -0.2) is 4.39 Å². The van der Waals surface area contributed by atoms with E-state index < -0.39 is 47.1 Å². The molecule has 2 aromatic rings. The molecule has 0 amide bonds. The lowest BCUT2D eigenvalue weighted by atomic mass is 9.68. The fourth-order valence-corrected chi connectivity index (χ4v) is 6.20. The van der Waals surface area contributed by atoms with Crippen LogP contribution in [0, 0.1) is 29.5 Å². The molecule has 0 aliphatic heterocycles. The molecule has 0 bridgehead atoms. The van der Waals surface area contributed by atoms with E-state index in [-0.39, 0.29) is 12.0 Å². The first-order valence-electron chi connectivity index (χ1n) is 14.2. The highest BCUT2D eigenvalue weighted by molar-refractivity contribution is 5.35. The number of ether oxygens (including phenoxy) is 3. The highest BCUT2D eigenvalue weighted by Crippen LogP contribution is 2.46. The van der Waals surface area contributed by atoms with Gasteiger partial charge in [-0.1, -0.05) is 32.6 Å². The van der Waals surface area contributed by atoms with E-state index in [1.807, 2.05) is 0 Å². The van der Waals surface area contributed by atoms with Crippen LogP contribution in [0.15, 0.2) is 54.8 Å². The van der Waals surface area contributed by atoms with Crippen molar-refractivity contribution in [3.05, 3.63) is 66.2 Å². The maximum atomic E-state index is 15.0. The molecule has 0 N–H and O–H groups in total. The summed E-state index contributed by atoms with van der Waals surface area (Å²) in [7, 11) is 0. The monoisotopic (exact) mass is 588 g/mol. The van der Waals surface area contributed by atoms with E-state index in [0.717, 1.165) is 55.2 Å². The Kier molecular flexibility index (Phi) is 10.1. The molecular formula is C31H35F7O3. The fraction of sp³-hybridized carbons (Fsp3) is 0.548. The molecule has 2 aliphatic rings. The first-order valence-corrected chi connectivity index (χ1v) is 14.2. The second-order valence-corrected chi connectivity index (χ2v) is 11.1. The molecule has 0 radical (unpaired) electrons. The van der Waals surface area contributed by atoms with Gasteiger partial charge in [-0.15, -0.1) is 0 Å². The molecule has 10 heteroatoms. The summed E-state index contributed by atoms with van der Waals surface area (Å²) in [5.41, 5.74) is -0.675. The number of alkyl halides is 4. The Balaban J connectivity index is 1.29. The van der Waals surface area contributed by atoms with Crippen molar-refractivity contribution in [3.63, 3.8) is 0 Å². The SMILES string of the molecule is CCCC1CCC(C2CCC(C(F)(F)Oc3ccc(C(F)(F)Oc4ccc(OC=C(F)F)c(F)c4)cc3)CC2)CC1. The molecule has 0 spiro atoms. The van der Waals surface area contributed by atoms with Crippen molar-refractivity contribution < 1.29 is 44.9 Å². The molecule has 0 unspecified atom stereocenters. The molecule has 2 aliphatic carbocycles. The van der Waals surface area contributed by atoms with E-state index in [0.29, 0.717) is 30.7 Å². The van der Waals surface area contributed by atoms with Gasteiger partial charge >= 0.3 is 18.3 Å². The van der Waals surface area contributed by atoms with Crippen LogP contribution in [0.3, 0.4) is 0 Å². The molecule has 3 nitrogen and oxygen atoms in total. The molecule has 0 heterocycles. The highest BCUT2D eigenvalue weighted by Gasteiger charge is 2.45. The molecule has 41 heavy (non-hydrogen) atoms. The molecule has 226 valence electrons. The summed E-state index contributed by atoms with van der Waals surface area (Å²) in [6.45, 7) is 2.21. The van der Waals surface area contributed by atoms with Crippen LogP contribution < -0.4 is 14.2 Å². The quantitative estimate of drug-likeness (QED) is 0.193.